The fraction of sp³-hybridized carbons (Fsp3) is 0.440. The van der Waals surface area contributed by atoms with Crippen molar-refractivity contribution >= 4 is 38.8 Å². The van der Waals surface area contributed by atoms with Crippen LogP contribution in [0.5, 0.6) is 5.75 Å². The van der Waals surface area contributed by atoms with Crippen LogP contribution in [-0.2, 0) is 10.1 Å². The Hall–Kier alpha value is -3.31. The van der Waals surface area contributed by atoms with Crippen molar-refractivity contribution in [3.05, 3.63) is 42.5 Å². The van der Waals surface area contributed by atoms with E-state index in [2.05, 4.69) is 25.9 Å². The van der Waals surface area contributed by atoms with E-state index >= 15 is 0 Å². The van der Waals surface area contributed by atoms with Gasteiger partial charge in [-0.05, 0) is 74.9 Å². The Kier molecular flexibility index (Phi) is 7.01. The summed E-state index contributed by atoms with van der Waals surface area (Å²) in [6.45, 7) is 0. The fourth-order valence-corrected chi connectivity index (χ4v) is 5.77. The van der Waals surface area contributed by atoms with E-state index in [9.17, 15) is 18.3 Å². The van der Waals surface area contributed by atoms with E-state index in [1.165, 1.54) is 37.1 Å². The summed E-state index contributed by atoms with van der Waals surface area (Å²) in [5, 5.41) is 18.6. The summed E-state index contributed by atoms with van der Waals surface area (Å²) >= 11 is 0. The van der Waals surface area contributed by atoms with Gasteiger partial charge in [-0.15, -0.1) is 0 Å². The van der Waals surface area contributed by atoms with Gasteiger partial charge in [0, 0.05) is 23.8 Å². The summed E-state index contributed by atoms with van der Waals surface area (Å²) in [5.41, 5.74) is 1.97. The van der Waals surface area contributed by atoms with Crippen LogP contribution < -0.4 is 20.1 Å². The SMILES string of the molecule is O=C(Nc1nc2ccc(OS(=O)(=O)c3ccc(NC4CCCC4)cc3)cc2[nH]1)NC1CCC(O)CC1. The number of carbonyl (C=O) groups is 1. The monoisotopic (exact) mass is 513 g/mol. The summed E-state index contributed by atoms with van der Waals surface area (Å²) in [7, 11) is -4.02. The third kappa shape index (κ3) is 5.90. The number of anilines is 2. The van der Waals surface area contributed by atoms with E-state index in [0.29, 0.717) is 29.9 Å². The molecule has 11 heteroatoms. The Bertz CT molecular complexity index is 1310. The van der Waals surface area contributed by atoms with Gasteiger partial charge in [-0.2, -0.15) is 8.42 Å². The summed E-state index contributed by atoms with van der Waals surface area (Å²) in [6, 6.07) is 11.3. The molecule has 2 aliphatic carbocycles. The van der Waals surface area contributed by atoms with Gasteiger partial charge in [-0.1, -0.05) is 12.8 Å². The summed E-state index contributed by atoms with van der Waals surface area (Å²) < 4.78 is 31.0. The molecular weight excluding hydrogens is 482 g/mol. The average Bonchev–Trinajstić information content (AvgIpc) is 3.50. The number of imidazole rings is 1. The van der Waals surface area contributed by atoms with E-state index in [4.69, 9.17) is 4.18 Å². The Morgan fingerprint density at radius 1 is 0.972 bits per heavy atom. The molecule has 0 saturated heterocycles. The normalized spacial score (nSPS) is 20.8. The standard InChI is InChI=1S/C25H31N5O5S/c31-19-9-5-18(6-10-19)27-25(32)30-24-28-22-14-11-20(15-23(22)29-24)35-36(33,34)21-12-7-17(8-13-21)26-16-3-1-2-4-16/h7-8,11-16,18-19,26,31H,1-6,9-10H2,(H3,27,28,29,30,32). The van der Waals surface area contributed by atoms with Crippen molar-refractivity contribution in [2.75, 3.05) is 10.6 Å². The number of aromatic nitrogens is 2. The number of aliphatic hydroxyl groups is 1. The van der Waals surface area contributed by atoms with Crippen LogP contribution in [0.15, 0.2) is 47.4 Å². The first-order valence-electron chi connectivity index (χ1n) is 12.4. The Morgan fingerprint density at radius 2 is 1.69 bits per heavy atom. The van der Waals surface area contributed by atoms with Crippen LogP contribution in [0.4, 0.5) is 16.4 Å². The van der Waals surface area contributed by atoms with Crippen molar-refractivity contribution in [3.63, 3.8) is 0 Å². The summed E-state index contributed by atoms with van der Waals surface area (Å²) in [4.78, 5) is 19.7. The third-order valence-corrected chi connectivity index (χ3v) is 8.05. The largest absolute Gasteiger partial charge is 0.393 e. The number of aliphatic hydroxyl groups excluding tert-OH is 1. The van der Waals surface area contributed by atoms with Crippen LogP contribution in [0.3, 0.4) is 0 Å². The number of aromatic amines is 1. The van der Waals surface area contributed by atoms with Gasteiger partial charge in [-0.3, -0.25) is 5.32 Å². The first-order valence-corrected chi connectivity index (χ1v) is 13.8. The van der Waals surface area contributed by atoms with Gasteiger partial charge >= 0.3 is 16.1 Å². The van der Waals surface area contributed by atoms with Gasteiger partial charge in [0.25, 0.3) is 0 Å². The topological polar surface area (TPSA) is 145 Å². The van der Waals surface area contributed by atoms with Crippen molar-refractivity contribution in [2.45, 2.75) is 74.4 Å². The van der Waals surface area contributed by atoms with Gasteiger partial charge in [0.15, 0.2) is 0 Å². The highest BCUT2D eigenvalue weighted by atomic mass is 32.2. The summed E-state index contributed by atoms with van der Waals surface area (Å²) in [5.74, 6) is 0.375. The quantitative estimate of drug-likeness (QED) is 0.299. The van der Waals surface area contributed by atoms with E-state index in [1.54, 1.807) is 18.2 Å². The van der Waals surface area contributed by atoms with E-state index in [-0.39, 0.29) is 34.8 Å². The molecule has 5 rings (SSSR count). The second-order valence-corrected chi connectivity index (χ2v) is 11.1. The molecule has 3 aromatic rings. The van der Waals surface area contributed by atoms with Crippen LogP contribution in [0.25, 0.3) is 11.0 Å². The minimum atomic E-state index is -4.02. The van der Waals surface area contributed by atoms with Gasteiger partial charge in [0.2, 0.25) is 5.95 Å². The number of nitrogens with one attached hydrogen (secondary N) is 4. The number of amides is 2. The molecule has 2 fully saturated rings. The number of carbonyl (C=O) groups excluding carboxylic acids is 1. The molecule has 2 saturated carbocycles. The van der Waals surface area contributed by atoms with Crippen molar-refractivity contribution in [2.24, 2.45) is 0 Å². The fourth-order valence-electron chi connectivity index (χ4n) is 4.85. The maximum absolute atomic E-state index is 12.8. The minimum Gasteiger partial charge on any atom is -0.393 e. The molecule has 2 aromatic carbocycles. The lowest BCUT2D eigenvalue weighted by molar-refractivity contribution is 0.118. The van der Waals surface area contributed by atoms with Gasteiger partial charge < -0.3 is 24.9 Å². The second kappa shape index (κ2) is 10.4. The number of nitrogens with zero attached hydrogens (tertiary/aromatic N) is 1. The number of benzene rings is 2. The zero-order valence-corrected chi connectivity index (χ0v) is 20.7. The number of hydrogen-bond donors (Lipinski definition) is 5. The number of fused-ring (bicyclic) bond motifs is 1. The molecule has 2 amide bonds. The maximum atomic E-state index is 12.8. The number of urea groups is 1. The minimum absolute atomic E-state index is 0.00976. The van der Waals surface area contributed by atoms with Crippen LogP contribution in [0.1, 0.15) is 51.4 Å². The average molecular weight is 514 g/mol. The molecule has 0 spiro atoms. The Morgan fingerprint density at radius 3 is 2.42 bits per heavy atom. The first-order chi connectivity index (χ1) is 17.3. The molecule has 2 aliphatic rings. The number of H-pyrrole nitrogens is 1. The zero-order chi connectivity index (χ0) is 25.1. The van der Waals surface area contributed by atoms with Crippen molar-refractivity contribution < 1.29 is 22.5 Å². The van der Waals surface area contributed by atoms with Gasteiger partial charge in [0.1, 0.15) is 10.6 Å². The molecule has 0 bridgehead atoms. The van der Waals surface area contributed by atoms with Crippen LogP contribution in [0, 0.1) is 0 Å². The zero-order valence-electron chi connectivity index (χ0n) is 19.9. The molecule has 192 valence electrons. The molecule has 36 heavy (non-hydrogen) atoms. The highest BCUT2D eigenvalue weighted by Gasteiger charge is 2.22. The smallest absolute Gasteiger partial charge is 0.339 e. The molecule has 1 heterocycles. The number of hydrogen-bond acceptors (Lipinski definition) is 7. The van der Waals surface area contributed by atoms with Crippen LogP contribution in [-0.4, -0.2) is 47.7 Å². The highest BCUT2D eigenvalue weighted by Crippen LogP contribution is 2.26. The molecule has 1 aromatic heterocycles. The predicted octanol–water partition coefficient (Wildman–Crippen LogP) is 4.11. The maximum Gasteiger partial charge on any atom is 0.339 e. The Balaban J connectivity index is 1.21. The molecule has 0 atom stereocenters. The third-order valence-electron chi connectivity index (χ3n) is 6.79. The van der Waals surface area contributed by atoms with E-state index in [1.807, 2.05) is 0 Å². The summed E-state index contributed by atoms with van der Waals surface area (Å²) in [6.07, 6.45) is 7.20. The molecule has 0 unspecified atom stereocenters. The first kappa shape index (κ1) is 24.4. The highest BCUT2D eigenvalue weighted by molar-refractivity contribution is 7.87. The van der Waals surface area contributed by atoms with Crippen molar-refractivity contribution in [3.8, 4) is 5.75 Å². The van der Waals surface area contributed by atoms with Crippen LogP contribution >= 0.6 is 0 Å². The molecule has 0 radical (unpaired) electrons. The van der Waals surface area contributed by atoms with E-state index in [0.717, 1.165) is 31.4 Å². The lowest BCUT2D eigenvalue weighted by Gasteiger charge is -2.25. The van der Waals surface area contributed by atoms with Gasteiger partial charge in [-0.25, -0.2) is 9.78 Å². The van der Waals surface area contributed by atoms with Crippen molar-refractivity contribution in [1.29, 1.82) is 0 Å². The predicted molar refractivity (Wildman–Crippen MR) is 137 cm³/mol. The van der Waals surface area contributed by atoms with Crippen molar-refractivity contribution in [1.82, 2.24) is 15.3 Å². The molecule has 10 nitrogen and oxygen atoms in total. The number of rotatable bonds is 7. The second-order valence-electron chi connectivity index (χ2n) is 9.56. The lowest BCUT2D eigenvalue weighted by atomic mass is 9.93. The molecule has 0 aliphatic heterocycles. The van der Waals surface area contributed by atoms with E-state index < -0.39 is 10.1 Å². The molecular formula is C25H31N5O5S. The molecule has 5 N–H and O–H groups in total. The van der Waals surface area contributed by atoms with Gasteiger partial charge in [0.05, 0.1) is 17.1 Å². The Labute approximate surface area is 210 Å². The van der Waals surface area contributed by atoms with Crippen LogP contribution in [0.2, 0.25) is 0 Å². The lowest BCUT2D eigenvalue weighted by Crippen LogP contribution is -2.41.